The number of anilines is 3. The van der Waals surface area contributed by atoms with E-state index in [9.17, 15) is 0 Å². The first-order valence-electron chi connectivity index (χ1n) is 18.1. The van der Waals surface area contributed by atoms with Crippen LogP contribution in [0.3, 0.4) is 0 Å². The molecule has 3 heteroatoms. The Labute approximate surface area is 308 Å². The van der Waals surface area contributed by atoms with E-state index in [0.29, 0.717) is 0 Å². The summed E-state index contributed by atoms with van der Waals surface area (Å²) in [4.78, 5) is 2.31. The predicted octanol–water partition coefficient (Wildman–Crippen LogP) is 14.6. The van der Waals surface area contributed by atoms with Crippen molar-refractivity contribution in [3.8, 4) is 33.4 Å². The van der Waals surface area contributed by atoms with Crippen molar-refractivity contribution in [1.29, 1.82) is 0 Å². The summed E-state index contributed by atoms with van der Waals surface area (Å²) in [7, 11) is 0. The van der Waals surface area contributed by atoms with Gasteiger partial charge in [-0.3, -0.25) is 0 Å². The summed E-state index contributed by atoms with van der Waals surface area (Å²) in [5.74, 6) is 0. The smallest absolute Gasteiger partial charge is 0.137 e. The zero-order valence-corrected chi connectivity index (χ0v) is 29.5. The van der Waals surface area contributed by atoms with Crippen LogP contribution in [0.15, 0.2) is 185 Å². The second-order valence-electron chi connectivity index (χ2n) is 13.9. The van der Waals surface area contributed by atoms with Gasteiger partial charge >= 0.3 is 0 Å². The van der Waals surface area contributed by atoms with Gasteiger partial charge in [-0.25, -0.2) is 0 Å². The molecule has 10 rings (SSSR count). The number of hydrogen-bond donors (Lipinski definition) is 0. The topological polar surface area (TPSA) is 29.5 Å². The average Bonchev–Trinajstić information content (AvgIpc) is 3.75. The van der Waals surface area contributed by atoms with Gasteiger partial charge in [0.05, 0.1) is 0 Å². The lowest BCUT2D eigenvalue weighted by Crippen LogP contribution is -2.10. The van der Waals surface area contributed by atoms with Crippen molar-refractivity contribution in [2.45, 2.75) is 13.8 Å². The van der Waals surface area contributed by atoms with Crippen molar-refractivity contribution in [3.05, 3.63) is 187 Å². The molecular formula is C50H35NO2. The lowest BCUT2D eigenvalue weighted by atomic mass is 9.92. The van der Waals surface area contributed by atoms with E-state index in [1.54, 1.807) is 0 Å². The van der Waals surface area contributed by atoms with Crippen LogP contribution in [-0.4, -0.2) is 0 Å². The lowest BCUT2D eigenvalue weighted by Gasteiger charge is -2.27. The number of aryl methyl sites for hydroxylation is 2. The fourth-order valence-corrected chi connectivity index (χ4v) is 7.72. The van der Waals surface area contributed by atoms with Gasteiger partial charge in [0.2, 0.25) is 0 Å². The molecule has 0 radical (unpaired) electrons. The van der Waals surface area contributed by atoms with Crippen LogP contribution in [0.2, 0.25) is 0 Å². The molecule has 0 aliphatic rings. The molecule has 0 atom stereocenters. The highest BCUT2D eigenvalue weighted by molar-refractivity contribution is 6.08. The Balaban J connectivity index is 1.16. The van der Waals surface area contributed by atoms with Crippen LogP contribution in [-0.2, 0) is 0 Å². The Morgan fingerprint density at radius 1 is 0.321 bits per heavy atom. The number of hydrogen-bond acceptors (Lipinski definition) is 3. The van der Waals surface area contributed by atoms with Crippen molar-refractivity contribution in [2.75, 3.05) is 4.90 Å². The fourth-order valence-electron chi connectivity index (χ4n) is 7.72. The molecule has 0 N–H and O–H groups in total. The summed E-state index contributed by atoms with van der Waals surface area (Å²) in [6, 6.07) is 62.8. The molecule has 0 saturated heterocycles. The molecule has 0 spiro atoms. The van der Waals surface area contributed by atoms with Crippen LogP contribution in [0.5, 0.6) is 0 Å². The molecule has 53 heavy (non-hydrogen) atoms. The van der Waals surface area contributed by atoms with Gasteiger partial charge in [0, 0.05) is 50.7 Å². The predicted molar refractivity (Wildman–Crippen MR) is 221 cm³/mol. The second kappa shape index (κ2) is 12.4. The Bertz CT molecular complexity index is 2830. The maximum Gasteiger partial charge on any atom is 0.137 e. The minimum atomic E-state index is 0.854. The fraction of sp³-hybridized carbons (Fsp3) is 0.0400. The molecule has 0 amide bonds. The van der Waals surface area contributed by atoms with Crippen LogP contribution in [0.4, 0.5) is 17.1 Å². The number of furan rings is 2. The van der Waals surface area contributed by atoms with Crippen LogP contribution in [0.25, 0.3) is 77.3 Å². The summed E-state index contributed by atoms with van der Waals surface area (Å²) in [5.41, 5.74) is 15.9. The number of rotatable bonds is 6. The zero-order valence-electron chi connectivity index (χ0n) is 29.5. The quantitative estimate of drug-likeness (QED) is 0.175. The molecule has 252 valence electrons. The highest BCUT2D eigenvalue weighted by Crippen LogP contribution is 2.44. The van der Waals surface area contributed by atoms with Gasteiger partial charge < -0.3 is 13.7 Å². The molecule has 0 saturated carbocycles. The summed E-state index contributed by atoms with van der Waals surface area (Å²) >= 11 is 0. The number of nitrogens with zero attached hydrogens (tertiary/aromatic N) is 1. The minimum Gasteiger partial charge on any atom is -0.456 e. The number of fused-ring (bicyclic) bond motifs is 6. The third kappa shape index (κ3) is 5.46. The van der Waals surface area contributed by atoms with Crippen molar-refractivity contribution >= 4 is 60.9 Å². The Morgan fingerprint density at radius 2 is 0.717 bits per heavy atom. The summed E-state index contributed by atoms with van der Waals surface area (Å²) < 4.78 is 13.0. The van der Waals surface area contributed by atoms with Gasteiger partial charge in [-0.2, -0.15) is 0 Å². The van der Waals surface area contributed by atoms with Crippen molar-refractivity contribution < 1.29 is 8.83 Å². The third-order valence-corrected chi connectivity index (χ3v) is 10.4. The molecule has 0 aliphatic heterocycles. The molecule has 8 aromatic carbocycles. The summed E-state index contributed by atoms with van der Waals surface area (Å²) in [6.45, 7) is 4.20. The Hall–Kier alpha value is -6.84. The van der Waals surface area contributed by atoms with Gasteiger partial charge in [-0.1, -0.05) is 115 Å². The van der Waals surface area contributed by atoms with Crippen LogP contribution in [0, 0.1) is 13.8 Å². The second-order valence-corrected chi connectivity index (χ2v) is 13.9. The minimum absolute atomic E-state index is 0.854. The molecule has 10 aromatic rings. The first-order valence-corrected chi connectivity index (χ1v) is 18.1. The maximum absolute atomic E-state index is 6.48. The van der Waals surface area contributed by atoms with E-state index in [2.05, 4.69) is 195 Å². The highest BCUT2D eigenvalue weighted by Gasteiger charge is 2.20. The van der Waals surface area contributed by atoms with E-state index in [1.807, 2.05) is 0 Å². The monoisotopic (exact) mass is 681 g/mol. The standard InChI is InChI=1S/C50H35NO2/c1-32-13-22-42-44-25-20-39(30-49(44)52-47(42)27-32)51(40-21-26-45-43-23-14-33(2)28-48(43)53-50(45)31-40)38-19-24-41(46(29-38)36-11-7-4-8-12-36)37-17-15-35(16-18-37)34-9-5-3-6-10-34/h3-31H,1-2H3. The Kier molecular flexibility index (Phi) is 7.26. The van der Waals surface area contributed by atoms with E-state index >= 15 is 0 Å². The molecule has 2 aromatic heterocycles. The van der Waals surface area contributed by atoms with Crippen LogP contribution in [0.1, 0.15) is 11.1 Å². The molecule has 2 heterocycles. The first kappa shape index (κ1) is 30.9. The SMILES string of the molecule is Cc1ccc2c(c1)oc1cc(N(c3ccc(-c4ccc(-c5ccccc5)cc4)c(-c4ccccc4)c3)c3ccc4c(c3)oc3cc(C)ccc34)ccc12. The zero-order chi connectivity index (χ0) is 35.5. The Morgan fingerprint density at radius 3 is 1.26 bits per heavy atom. The molecule has 3 nitrogen and oxygen atoms in total. The van der Waals surface area contributed by atoms with E-state index in [1.165, 1.54) is 33.4 Å². The maximum atomic E-state index is 6.48. The van der Waals surface area contributed by atoms with Gasteiger partial charge in [0.15, 0.2) is 0 Å². The molecular weight excluding hydrogens is 647 g/mol. The van der Waals surface area contributed by atoms with E-state index in [-0.39, 0.29) is 0 Å². The molecule has 0 unspecified atom stereocenters. The van der Waals surface area contributed by atoms with Crippen molar-refractivity contribution in [1.82, 2.24) is 0 Å². The summed E-state index contributed by atoms with van der Waals surface area (Å²) in [6.07, 6.45) is 0. The van der Waals surface area contributed by atoms with Crippen LogP contribution >= 0.6 is 0 Å². The molecule has 0 bridgehead atoms. The van der Waals surface area contributed by atoms with Gasteiger partial charge in [0.25, 0.3) is 0 Å². The van der Waals surface area contributed by atoms with Gasteiger partial charge in [-0.15, -0.1) is 0 Å². The van der Waals surface area contributed by atoms with Crippen molar-refractivity contribution in [2.24, 2.45) is 0 Å². The molecule has 0 fully saturated rings. The highest BCUT2D eigenvalue weighted by atomic mass is 16.3. The number of benzene rings is 8. The van der Waals surface area contributed by atoms with Crippen molar-refractivity contribution in [3.63, 3.8) is 0 Å². The van der Waals surface area contributed by atoms with E-state index in [4.69, 9.17) is 8.83 Å². The van der Waals surface area contributed by atoms with Gasteiger partial charge in [-0.05, 0) is 107 Å². The first-order chi connectivity index (χ1) is 26.1. The largest absolute Gasteiger partial charge is 0.456 e. The van der Waals surface area contributed by atoms with Gasteiger partial charge in [0.1, 0.15) is 22.3 Å². The lowest BCUT2D eigenvalue weighted by molar-refractivity contribution is 0.668. The van der Waals surface area contributed by atoms with E-state index in [0.717, 1.165) is 72.1 Å². The summed E-state index contributed by atoms with van der Waals surface area (Å²) in [5, 5.41) is 4.45. The average molecular weight is 682 g/mol. The van der Waals surface area contributed by atoms with Crippen LogP contribution < -0.4 is 4.90 Å². The third-order valence-electron chi connectivity index (χ3n) is 10.4. The van der Waals surface area contributed by atoms with E-state index < -0.39 is 0 Å². The normalized spacial score (nSPS) is 11.6. The molecule has 0 aliphatic carbocycles.